The van der Waals surface area contributed by atoms with E-state index in [0.717, 1.165) is 0 Å². The van der Waals surface area contributed by atoms with Crippen molar-refractivity contribution in [2.24, 2.45) is 0 Å². The maximum absolute atomic E-state index is 12.2. The molecule has 166 valence electrons. The molecule has 2 rings (SSSR count). The summed E-state index contributed by atoms with van der Waals surface area (Å²) in [5, 5.41) is 4.87. The van der Waals surface area contributed by atoms with Gasteiger partial charge < -0.3 is 20.1 Å². The molecule has 0 unspecified atom stereocenters. The highest BCUT2D eigenvalue weighted by atomic mass is 32.2. The molecule has 0 aliphatic rings. The molecule has 0 spiro atoms. The number of anilines is 2. The summed E-state index contributed by atoms with van der Waals surface area (Å²) in [4.78, 5) is 36.1. The van der Waals surface area contributed by atoms with Gasteiger partial charge in [-0.2, -0.15) is 0 Å². The summed E-state index contributed by atoms with van der Waals surface area (Å²) in [7, 11) is -2.51. The molecule has 0 saturated heterocycles. The average molecular weight is 448 g/mol. The van der Waals surface area contributed by atoms with E-state index in [1.807, 2.05) is 6.92 Å². The van der Waals surface area contributed by atoms with Crippen molar-refractivity contribution in [3.8, 4) is 5.75 Å². The van der Waals surface area contributed by atoms with E-state index in [0.29, 0.717) is 17.9 Å². The number of hydrogen-bond donors (Lipinski definition) is 2. The zero-order valence-corrected chi connectivity index (χ0v) is 18.0. The summed E-state index contributed by atoms with van der Waals surface area (Å²) in [6.07, 6.45) is 0.673. The van der Waals surface area contributed by atoms with E-state index >= 15 is 0 Å². The van der Waals surface area contributed by atoms with Crippen LogP contribution < -0.4 is 15.4 Å². The molecule has 9 nitrogen and oxygen atoms in total. The van der Waals surface area contributed by atoms with E-state index in [4.69, 9.17) is 9.47 Å². The van der Waals surface area contributed by atoms with Crippen LogP contribution >= 0.6 is 0 Å². The molecule has 0 bridgehead atoms. The third-order valence-corrected chi connectivity index (χ3v) is 5.30. The molecule has 0 radical (unpaired) electrons. The zero-order chi connectivity index (χ0) is 22.9. The first-order valence-electron chi connectivity index (χ1n) is 9.44. The molecule has 0 atom stereocenters. The fraction of sp³-hybridized carbons (Fsp3) is 0.286. The lowest BCUT2D eigenvalue weighted by Gasteiger charge is -2.09. The summed E-state index contributed by atoms with van der Waals surface area (Å²) in [6, 6.07) is 12.3. The number of nitrogens with one attached hydrogen (secondary N) is 2. The summed E-state index contributed by atoms with van der Waals surface area (Å²) in [6.45, 7) is 2.13. The highest BCUT2D eigenvalue weighted by Crippen LogP contribution is 2.15. The van der Waals surface area contributed by atoms with Crippen LogP contribution in [0.1, 0.15) is 23.7 Å². The maximum atomic E-state index is 12.2. The van der Waals surface area contributed by atoms with Crippen LogP contribution in [0.5, 0.6) is 5.75 Å². The van der Waals surface area contributed by atoms with Crippen molar-refractivity contribution in [3.05, 3.63) is 54.1 Å². The topological polar surface area (TPSA) is 128 Å². The fourth-order valence-electron chi connectivity index (χ4n) is 2.52. The highest BCUT2D eigenvalue weighted by molar-refractivity contribution is 7.92. The number of amides is 2. The maximum Gasteiger partial charge on any atom is 0.338 e. The number of hydrogen-bond acceptors (Lipinski definition) is 7. The Hall–Kier alpha value is -3.40. The van der Waals surface area contributed by atoms with Crippen LogP contribution in [-0.4, -0.2) is 51.4 Å². The van der Waals surface area contributed by atoms with E-state index in [-0.39, 0.29) is 17.9 Å². The molecule has 2 amide bonds. The van der Waals surface area contributed by atoms with Crippen molar-refractivity contribution in [3.63, 3.8) is 0 Å². The molecule has 0 fully saturated rings. The molecular weight excluding hydrogens is 424 g/mol. The van der Waals surface area contributed by atoms with E-state index < -0.39 is 39.1 Å². The van der Waals surface area contributed by atoms with Crippen molar-refractivity contribution >= 4 is 39.0 Å². The second-order valence-corrected chi connectivity index (χ2v) is 8.64. The van der Waals surface area contributed by atoms with Crippen LogP contribution in [0, 0.1) is 0 Å². The van der Waals surface area contributed by atoms with Crippen molar-refractivity contribution in [2.45, 2.75) is 13.3 Å². The molecule has 0 aliphatic carbocycles. The molecule has 0 aliphatic heterocycles. The molecule has 31 heavy (non-hydrogen) atoms. The lowest BCUT2D eigenvalue weighted by atomic mass is 10.2. The van der Waals surface area contributed by atoms with Crippen molar-refractivity contribution in [2.75, 3.05) is 35.9 Å². The minimum Gasteiger partial charge on any atom is -0.497 e. The molecule has 2 N–H and O–H groups in total. The first-order valence-corrected chi connectivity index (χ1v) is 11.3. The van der Waals surface area contributed by atoms with Crippen molar-refractivity contribution in [1.29, 1.82) is 0 Å². The normalized spacial score (nSPS) is 10.8. The van der Waals surface area contributed by atoms with E-state index in [1.165, 1.54) is 31.4 Å². The van der Waals surface area contributed by atoms with Gasteiger partial charge in [0.05, 0.1) is 19.3 Å². The largest absolute Gasteiger partial charge is 0.497 e. The van der Waals surface area contributed by atoms with Crippen LogP contribution in [0.15, 0.2) is 48.5 Å². The quantitative estimate of drug-likeness (QED) is 0.534. The summed E-state index contributed by atoms with van der Waals surface area (Å²) < 4.78 is 34.5. The molecule has 0 saturated carbocycles. The number of esters is 1. The minimum atomic E-state index is -4.01. The molecular formula is C21H24N2O7S. The number of ether oxygens (including phenoxy) is 2. The number of sulfone groups is 1. The van der Waals surface area contributed by atoms with Gasteiger partial charge in [0, 0.05) is 11.4 Å². The fourth-order valence-corrected chi connectivity index (χ4v) is 3.57. The number of benzene rings is 2. The van der Waals surface area contributed by atoms with Gasteiger partial charge in [0.1, 0.15) is 17.3 Å². The first kappa shape index (κ1) is 23.9. The predicted molar refractivity (Wildman–Crippen MR) is 116 cm³/mol. The van der Waals surface area contributed by atoms with E-state index in [9.17, 15) is 22.8 Å². The van der Waals surface area contributed by atoms with Gasteiger partial charge >= 0.3 is 5.97 Å². The second kappa shape index (κ2) is 11.1. The van der Waals surface area contributed by atoms with Crippen LogP contribution in [0.25, 0.3) is 0 Å². The van der Waals surface area contributed by atoms with Crippen molar-refractivity contribution in [1.82, 2.24) is 0 Å². The molecule has 2 aromatic rings. The summed E-state index contributed by atoms with van der Waals surface area (Å²) in [5.41, 5.74) is 0.874. The zero-order valence-electron chi connectivity index (χ0n) is 17.2. The smallest absolute Gasteiger partial charge is 0.338 e. The first-order chi connectivity index (χ1) is 14.7. The Kier molecular flexibility index (Phi) is 8.56. The van der Waals surface area contributed by atoms with Gasteiger partial charge in [0.25, 0.3) is 0 Å². The van der Waals surface area contributed by atoms with Gasteiger partial charge in [-0.15, -0.1) is 0 Å². The predicted octanol–water partition coefficient (Wildman–Crippen LogP) is 2.25. The Morgan fingerprint density at radius 2 is 1.52 bits per heavy atom. The Bertz CT molecular complexity index is 1030. The van der Waals surface area contributed by atoms with E-state index in [2.05, 4.69) is 10.6 Å². The van der Waals surface area contributed by atoms with Gasteiger partial charge in [-0.05, 0) is 48.9 Å². The van der Waals surface area contributed by atoms with Gasteiger partial charge in [-0.3, -0.25) is 9.59 Å². The van der Waals surface area contributed by atoms with Gasteiger partial charge in [0.2, 0.25) is 11.8 Å². The van der Waals surface area contributed by atoms with Gasteiger partial charge in [-0.1, -0.05) is 13.0 Å². The summed E-state index contributed by atoms with van der Waals surface area (Å²) in [5.74, 6) is -3.27. The van der Waals surface area contributed by atoms with Gasteiger partial charge in [-0.25, -0.2) is 13.2 Å². The monoisotopic (exact) mass is 448 g/mol. The Balaban J connectivity index is 1.91. The third kappa shape index (κ3) is 8.09. The average Bonchev–Trinajstić information content (AvgIpc) is 2.71. The van der Waals surface area contributed by atoms with Crippen LogP contribution in [0.4, 0.5) is 11.4 Å². The van der Waals surface area contributed by atoms with Gasteiger partial charge in [0.15, 0.2) is 9.84 Å². The lowest BCUT2D eigenvalue weighted by Crippen LogP contribution is -2.30. The minimum absolute atomic E-state index is 0.230. The van der Waals surface area contributed by atoms with Crippen molar-refractivity contribution < 1.29 is 32.3 Å². The molecule has 2 aromatic carbocycles. The summed E-state index contributed by atoms with van der Waals surface area (Å²) >= 11 is 0. The molecule has 10 heteroatoms. The van der Waals surface area contributed by atoms with Crippen LogP contribution in [0.2, 0.25) is 0 Å². The Morgan fingerprint density at radius 3 is 2.10 bits per heavy atom. The standard InChI is InChI=1S/C21H24N2O7S/c1-3-11-30-21(26)15-5-4-6-17(12-15)23-20(25)14-31(27,28)13-19(24)22-16-7-9-18(29-2)10-8-16/h4-10,12H,3,11,13-14H2,1-2H3,(H,22,24)(H,23,25). The molecule has 0 heterocycles. The number of rotatable bonds is 10. The second-order valence-electron chi connectivity index (χ2n) is 6.57. The molecule has 0 aromatic heterocycles. The lowest BCUT2D eigenvalue weighted by molar-refractivity contribution is -0.114. The van der Waals surface area contributed by atoms with Crippen LogP contribution in [-0.2, 0) is 24.2 Å². The third-order valence-electron chi connectivity index (χ3n) is 3.90. The highest BCUT2D eigenvalue weighted by Gasteiger charge is 2.21. The van der Waals surface area contributed by atoms with Crippen LogP contribution in [0.3, 0.4) is 0 Å². The SMILES string of the molecule is CCCOC(=O)c1cccc(NC(=O)CS(=O)(=O)CC(=O)Nc2ccc(OC)cc2)c1. The van der Waals surface area contributed by atoms with E-state index in [1.54, 1.807) is 24.3 Å². The number of methoxy groups -OCH3 is 1. The number of carbonyl (C=O) groups is 3. The Labute approximate surface area is 180 Å². The number of carbonyl (C=O) groups excluding carboxylic acids is 3. The Morgan fingerprint density at radius 1 is 0.903 bits per heavy atom.